The van der Waals surface area contributed by atoms with Gasteiger partial charge in [-0.2, -0.15) is 0 Å². The summed E-state index contributed by atoms with van der Waals surface area (Å²) in [5.41, 5.74) is 0.632. The van der Waals surface area contributed by atoms with E-state index in [0.717, 1.165) is 0 Å². The molecule has 1 atom stereocenters. The van der Waals surface area contributed by atoms with Gasteiger partial charge in [-0.1, -0.05) is 12.1 Å². The fourth-order valence-electron chi connectivity index (χ4n) is 1.64. The van der Waals surface area contributed by atoms with Crippen LogP contribution in [0, 0.1) is 0 Å². The van der Waals surface area contributed by atoms with Gasteiger partial charge < -0.3 is 14.8 Å². The number of hydrogen-bond donors (Lipinski definition) is 1. The molecule has 0 aliphatic rings. The van der Waals surface area contributed by atoms with Crippen LogP contribution in [0.4, 0.5) is 5.69 Å². The van der Waals surface area contributed by atoms with Gasteiger partial charge in [0.15, 0.2) is 17.6 Å². The summed E-state index contributed by atoms with van der Waals surface area (Å²) in [5, 5.41) is 2.73. The largest absolute Gasteiger partial charge is 0.493 e. The maximum Gasteiger partial charge on any atom is 0.265 e. The zero-order valence-corrected chi connectivity index (χ0v) is 11.4. The number of benzene rings is 1. The normalized spacial score (nSPS) is 11.5. The van der Waals surface area contributed by atoms with Crippen molar-refractivity contribution in [2.75, 3.05) is 12.4 Å². The number of methoxy groups -OCH3 is 1. The standard InChI is InChI=1S/C15H16N2O3/c1-11(15(18)17-12-6-5-9-16-10-12)20-14-8-4-3-7-13(14)19-2/h3-11H,1-2H3,(H,17,18)/t11-/m1/s1. The minimum absolute atomic E-state index is 0.246. The van der Waals surface area contributed by atoms with E-state index in [1.165, 1.54) is 0 Å². The van der Waals surface area contributed by atoms with Crippen molar-refractivity contribution in [2.45, 2.75) is 13.0 Å². The topological polar surface area (TPSA) is 60.5 Å². The van der Waals surface area contributed by atoms with E-state index in [-0.39, 0.29) is 5.91 Å². The molecule has 0 bridgehead atoms. The summed E-state index contributed by atoms with van der Waals surface area (Å²) in [4.78, 5) is 15.9. The highest BCUT2D eigenvalue weighted by Gasteiger charge is 2.16. The number of hydrogen-bond acceptors (Lipinski definition) is 4. The second-order valence-corrected chi connectivity index (χ2v) is 4.14. The smallest absolute Gasteiger partial charge is 0.265 e. The van der Waals surface area contributed by atoms with E-state index in [1.807, 2.05) is 12.1 Å². The molecule has 0 saturated heterocycles. The van der Waals surface area contributed by atoms with Gasteiger partial charge >= 0.3 is 0 Å². The zero-order chi connectivity index (χ0) is 14.4. The fourth-order valence-corrected chi connectivity index (χ4v) is 1.64. The predicted molar refractivity (Wildman–Crippen MR) is 76.0 cm³/mol. The van der Waals surface area contributed by atoms with Crippen LogP contribution in [-0.2, 0) is 4.79 Å². The van der Waals surface area contributed by atoms with E-state index in [0.29, 0.717) is 17.2 Å². The van der Waals surface area contributed by atoms with Crippen molar-refractivity contribution in [3.05, 3.63) is 48.8 Å². The molecule has 2 rings (SSSR count). The quantitative estimate of drug-likeness (QED) is 0.908. The van der Waals surface area contributed by atoms with Gasteiger partial charge in [0.2, 0.25) is 0 Å². The Hall–Kier alpha value is -2.56. The molecular formula is C15H16N2O3. The molecule has 1 amide bonds. The van der Waals surface area contributed by atoms with E-state index in [2.05, 4.69) is 10.3 Å². The van der Waals surface area contributed by atoms with Gasteiger partial charge in [-0.15, -0.1) is 0 Å². The molecule has 5 heteroatoms. The first-order chi connectivity index (χ1) is 9.70. The number of pyridine rings is 1. The molecule has 5 nitrogen and oxygen atoms in total. The van der Waals surface area contributed by atoms with Crippen molar-refractivity contribution in [3.63, 3.8) is 0 Å². The first kappa shape index (κ1) is 13.9. The number of carbonyl (C=O) groups is 1. The van der Waals surface area contributed by atoms with Gasteiger partial charge in [-0.25, -0.2) is 0 Å². The molecule has 1 aromatic carbocycles. The molecular weight excluding hydrogens is 256 g/mol. The van der Waals surface area contributed by atoms with Gasteiger partial charge in [0.05, 0.1) is 19.0 Å². The first-order valence-corrected chi connectivity index (χ1v) is 6.21. The van der Waals surface area contributed by atoms with Crippen LogP contribution in [0.2, 0.25) is 0 Å². The Morgan fingerprint density at radius 1 is 1.20 bits per heavy atom. The Morgan fingerprint density at radius 2 is 1.95 bits per heavy atom. The molecule has 0 radical (unpaired) electrons. The molecule has 1 N–H and O–H groups in total. The van der Waals surface area contributed by atoms with E-state index in [1.54, 1.807) is 50.7 Å². The number of anilines is 1. The summed E-state index contributed by atoms with van der Waals surface area (Å²) >= 11 is 0. The minimum Gasteiger partial charge on any atom is -0.493 e. The van der Waals surface area contributed by atoms with Gasteiger partial charge in [0, 0.05) is 6.20 Å². The third kappa shape index (κ3) is 3.47. The number of ether oxygens (including phenoxy) is 2. The number of amides is 1. The lowest BCUT2D eigenvalue weighted by atomic mass is 10.3. The Kier molecular flexibility index (Phi) is 4.55. The van der Waals surface area contributed by atoms with E-state index in [4.69, 9.17) is 9.47 Å². The van der Waals surface area contributed by atoms with Crippen molar-refractivity contribution >= 4 is 11.6 Å². The summed E-state index contributed by atoms with van der Waals surface area (Å²) in [6, 6.07) is 10.7. The maximum atomic E-state index is 12.0. The fraction of sp³-hybridized carbons (Fsp3) is 0.200. The van der Waals surface area contributed by atoms with Crippen molar-refractivity contribution in [1.82, 2.24) is 4.98 Å². The van der Waals surface area contributed by atoms with Gasteiger partial charge in [0.1, 0.15) is 0 Å². The van der Waals surface area contributed by atoms with Gasteiger partial charge in [-0.05, 0) is 31.2 Å². The molecule has 2 aromatic rings. The number of rotatable bonds is 5. The van der Waals surface area contributed by atoms with Crippen LogP contribution in [0.1, 0.15) is 6.92 Å². The third-order valence-electron chi connectivity index (χ3n) is 2.67. The van der Waals surface area contributed by atoms with Gasteiger partial charge in [0.25, 0.3) is 5.91 Å². The summed E-state index contributed by atoms with van der Waals surface area (Å²) in [5.74, 6) is 0.876. The second-order valence-electron chi connectivity index (χ2n) is 4.14. The highest BCUT2D eigenvalue weighted by atomic mass is 16.5. The number of para-hydroxylation sites is 2. The number of aromatic nitrogens is 1. The highest BCUT2D eigenvalue weighted by Crippen LogP contribution is 2.26. The average Bonchev–Trinajstić information content (AvgIpc) is 2.48. The molecule has 0 aliphatic carbocycles. The van der Waals surface area contributed by atoms with Gasteiger partial charge in [-0.3, -0.25) is 9.78 Å². The van der Waals surface area contributed by atoms with Crippen LogP contribution in [0.25, 0.3) is 0 Å². The molecule has 1 heterocycles. The lowest BCUT2D eigenvalue weighted by molar-refractivity contribution is -0.122. The lowest BCUT2D eigenvalue weighted by Crippen LogP contribution is -2.30. The highest BCUT2D eigenvalue weighted by molar-refractivity contribution is 5.93. The van der Waals surface area contributed by atoms with Crippen LogP contribution in [0.5, 0.6) is 11.5 Å². The molecule has 0 unspecified atom stereocenters. The van der Waals surface area contributed by atoms with Crippen LogP contribution in [0.15, 0.2) is 48.8 Å². The molecule has 0 spiro atoms. The van der Waals surface area contributed by atoms with E-state index in [9.17, 15) is 4.79 Å². The Balaban J connectivity index is 2.01. The van der Waals surface area contributed by atoms with Crippen LogP contribution >= 0.6 is 0 Å². The van der Waals surface area contributed by atoms with Crippen molar-refractivity contribution in [1.29, 1.82) is 0 Å². The second kappa shape index (κ2) is 6.56. The molecule has 0 fully saturated rings. The van der Waals surface area contributed by atoms with E-state index >= 15 is 0 Å². The van der Waals surface area contributed by atoms with Crippen molar-refractivity contribution in [3.8, 4) is 11.5 Å². The van der Waals surface area contributed by atoms with Crippen LogP contribution in [-0.4, -0.2) is 24.1 Å². The summed E-state index contributed by atoms with van der Waals surface area (Å²) in [6.07, 6.45) is 2.57. The molecule has 0 saturated carbocycles. The van der Waals surface area contributed by atoms with Crippen molar-refractivity contribution in [2.24, 2.45) is 0 Å². The molecule has 0 aliphatic heterocycles. The monoisotopic (exact) mass is 272 g/mol. The lowest BCUT2D eigenvalue weighted by Gasteiger charge is -2.16. The number of nitrogens with zero attached hydrogens (tertiary/aromatic N) is 1. The molecule has 1 aromatic heterocycles. The SMILES string of the molecule is COc1ccccc1O[C@H](C)C(=O)Nc1cccnc1. The number of carbonyl (C=O) groups excluding carboxylic acids is 1. The predicted octanol–water partition coefficient (Wildman–Crippen LogP) is 2.50. The Bertz CT molecular complexity index is 572. The number of nitrogens with one attached hydrogen (secondary N) is 1. The minimum atomic E-state index is -0.647. The molecule has 104 valence electrons. The zero-order valence-electron chi connectivity index (χ0n) is 11.4. The van der Waals surface area contributed by atoms with Crippen LogP contribution in [0.3, 0.4) is 0 Å². The summed E-state index contributed by atoms with van der Waals surface area (Å²) in [6.45, 7) is 1.68. The third-order valence-corrected chi connectivity index (χ3v) is 2.67. The summed E-state index contributed by atoms with van der Waals surface area (Å²) in [7, 11) is 1.56. The Morgan fingerprint density at radius 3 is 2.60 bits per heavy atom. The van der Waals surface area contributed by atoms with E-state index < -0.39 is 6.10 Å². The maximum absolute atomic E-state index is 12.0. The molecule has 20 heavy (non-hydrogen) atoms. The Labute approximate surface area is 117 Å². The van der Waals surface area contributed by atoms with Crippen molar-refractivity contribution < 1.29 is 14.3 Å². The average molecular weight is 272 g/mol. The van der Waals surface area contributed by atoms with Crippen LogP contribution < -0.4 is 14.8 Å². The summed E-state index contributed by atoms with van der Waals surface area (Å²) < 4.78 is 10.8. The first-order valence-electron chi connectivity index (χ1n) is 6.21.